The molecule has 3 heterocycles. The molecule has 0 unspecified atom stereocenters. The Balaban J connectivity index is 1.44. The van der Waals surface area contributed by atoms with Gasteiger partial charge in [-0.3, -0.25) is 9.89 Å². The van der Waals surface area contributed by atoms with E-state index in [0.29, 0.717) is 23.7 Å². The highest BCUT2D eigenvalue weighted by Gasteiger charge is 2.46. The number of aromatic nitrogens is 2. The number of hydrogen-bond acceptors (Lipinski definition) is 3. The number of fused-ring (bicyclic) bond motifs is 1. The lowest BCUT2D eigenvalue weighted by molar-refractivity contribution is 0.0598. The summed E-state index contributed by atoms with van der Waals surface area (Å²) in [6.07, 6.45) is 9.25. The summed E-state index contributed by atoms with van der Waals surface area (Å²) >= 11 is 0. The zero-order valence-electron chi connectivity index (χ0n) is 17.4. The van der Waals surface area contributed by atoms with Crippen LogP contribution in [-0.4, -0.2) is 57.6 Å². The number of rotatable bonds is 4. The Bertz CT molecular complexity index is 844. The maximum absolute atomic E-state index is 13.7. The summed E-state index contributed by atoms with van der Waals surface area (Å²) in [5.74, 6) is 0.707. The monoisotopic (exact) mass is 392 g/mol. The molecular formula is C24H32N4O. The smallest absolute Gasteiger partial charge is 0.274 e. The van der Waals surface area contributed by atoms with Crippen LogP contribution in [0.25, 0.3) is 0 Å². The molecule has 3 aliphatic rings. The quantitative estimate of drug-likeness (QED) is 0.856. The van der Waals surface area contributed by atoms with Crippen molar-refractivity contribution in [2.75, 3.05) is 13.6 Å². The maximum Gasteiger partial charge on any atom is 0.274 e. The molecule has 3 atom stereocenters. The van der Waals surface area contributed by atoms with E-state index in [1.54, 1.807) is 0 Å². The van der Waals surface area contributed by atoms with Gasteiger partial charge in [0, 0.05) is 29.7 Å². The van der Waals surface area contributed by atoms with E-state index in [9.17, 15) is 4.79 Å². The second kappa shape index (κ2) is 7.94. The number of carbonyl (C=O) groups excluding carboxylic acids is 1. The van der Waals surface area contributed by atoms with Crippen molar-refractivity contribution in [2.24, 2.45) is 0 Å². The van der Waals surface area contributed by atoms with Gasteiger partial charge in [0.15, 0.2) is 0 Å². The molecule has 1 saturated carbocycles. The van der Waals surface area contributed by atoms with Crippen LogP contribution in [0.5, 0.6) is 0 Å². The summed E-state index contributed by atoms with van der Waals surface area (Å²) in [6, 6.07) is 13.6. The summed E-state index contributed by atoms with van der Waals surface area (Å²) < 4.78 is 0. The summed E-state index contributed by atoms with van der Waals surface area (Å²) in [4.78, 5) is 18.4. The van der Waals surface area contributed by atoms with Crippen LogP contribution in [0.2, 0.25) is 0 Å². The van der Waals surface area contributed by atoms with E-state index >= 15 is 0 Å². The summed E-state index contributed by atoms with van der Waals surface area (Å²) in [6.45, 7) is 1.13. The van der Waals surface area contributed by atoms with Gasteiger partial charge in [0.05, 0.1) is 0 Å². The lowest BCUT2D eigenvalue weighted by atomic mass is 9.96. The van der Waals surface area contributed by atoms with E-state index in [1.165, 1.54) is 37.7 Å². The van der Waals surface area contributed by atoms with E-state index < -0.39 is 0 Å². The Labute approximate surface area is 173 Å². The van der Waals surface area contributed by atoms with Crippen LogP contribution < -0.4 is 0 Å². The Morgan fingerprint density at radius 3 is 2.72 bits per heavy atom. The molecule has 5 rings (SSSR count). The Hall–Kier alpha value is -2.14. The highest BCUT2D eigenvalue weighted by Crippen LogP contribution is 2.40. The van der Waals surface area contributed by atoms with Crippen molar-refractivity contribution in [3.8, 4) is 0 Å². The second-order valence-electron chi connectivity index (χ2n) is 9.24. The maximum atomic E-state index is 13.7. The first kappa shape index (κ1) is 18.9. The minimum Gasteiger partial charge on any atom is -0.329 e. The highest BCUT2D eigenvalue weighted by molar-refractivity contribution is 5.93. The van der Waals surface area contributed by atoms with Crippen LogP contribution in [0, 0.1) is 0 Å². The average molecular weight is 393 g/mol. The summed E-state index contributed by atoms with van der Waals surface area (Å²) in [7, 11) is 2.25. The van der Waals surface area contributed by atoms with Crippen molar-refractivity contribution in [3.63, 3.8) is 0 Å². The zero-order valence-corrected chi connectivity index (χ0v) is 17.4. The number of amides is 1. The molecule has 2 aliphatic heterocycles. The number of benzene rings is 1. The fourth-order valence-electron chi connectivity index (χ4n) is 5.43. The first-order valence-corrected chi connectivity index (χ1v) is 11.3. The number of nitrogens with zero attached hydrogens (tertiary/aromatic N) is 3. The number of nitrogens with one attached hydrogen (secondary N) is 1. The predicted octanol–water partition coefficient (Wildman–Crippen LogP) is 3.99. The lowest BCUT2D eigenvalue weighted by Crippen LogP contribution is -2.48. The van der Waals surface area contributed by atoms with Crippen LogP contribution in [-0.2, 0) is 6.42 Å². The predicted molar refractivity (Wildman–Crippen MR) is 114 cm³/mol. The topological polar surface area (TPSA) is 52.2 Å². The fraction of sp³-hybridized carbons (Fsp3) is 0.583. The van der Waals surface area contributed by atoms with Crippen molar-refractivity contribution in [1.29, 1.82) is 0 Å². The number of carbonyl (C=O) groups is 1. The molecule has 1 aromatic carbocycles. The Morgan fingerprint density at radius 2 is 1.93 bits per heavy atom. The van der Waals surface area contributed by atoms with Crippen LogP contribution in [0.3, 0.4) is 0 Å². The van der Waals surface area contributed by atoms with Crippen molar-refractivity contribution in [3.05, 3.63) is 53.3 Å². The molecule has 5 heteroatoms. The van der Waals surface area contributed by atoms with Crippen molar-refractivity contribution < 1.29 is 4.79 Å². The van der Waals surface area contributed by atoms with E-state index in [-0.39, 0.29) is 11.9 Å². The standard InChI is InChI=1S/C24H32N4O/c1-27-13-7-3-6-10-22-23(27)15-19(14-17-8-4-2-5-9-17)28(22)24(29)21-16-20(25-26-21)18-11-12-18/h2,4-5,8-9,16,18-19,22-23H,3,6-7,10-15H2,1H3,(H,25,26)/t19-,22-,23+/m1/s1. The van der Waals surface area contributed by atoms with E-state index in [1.807, 2.05) is 6.07 Å². The third-order valence-corrected chi connectivity index (χ3v) is 7.17. The van der Waals surface area contributed by atoms with Gasteiger partial charge in [-0.25, -0.2) is 0 Å². The number of likely N-dealkylation sites (tertiary alicyclic amines) is 2. The molecule has 5 nitrogen and oxygen atoms in total. The first-order chi connectivity index (χ1) is 14.2. The van der Waals surface area contributed by atoms with E-state index in [0.717, 1.165) is 31.5 Å². The van der Waals surface area contributed by atoms with Crippen molar-refractivity contribution in [1.82, 2.24) is 20.0 Å². The van der Waals surface area contributed by atoms with Gasteiger partial charge >= 0.3 is 0 Å². The van der Waals surface area contributed by atoms with Gasteiger partial charge < -0.3 is 9.80 Å². The van der Waals surface area contributed by atoms with Crippen LogP contribution in [0.1, 0.15) is 72.6 Å². The molecule has 3 fully saturated rings. The largest absolute Gasteiger partial charge is 0.329 e. The lowest BCUT2D eigenvalue weighted by Gasteiger charge is -2.36. The van der Waals surface area contributed by atoms with Gasteiger partial charge in [0.2, 0.25) is 0 Å². The number of H-pyrrole nitrogens is 1. The molecule has 1 aromatic heterocycles. The van der Waals surface area contributed by atoms with Crippen LogP contribution in [0.15, 0.2) is 36.4 Å². The van der Waals surface area contributed by atoms with Gasteiger partial charge in [-0.05, 0) is 63.7 Å². The SMILES string of the molecule is CN1CCCCC[C@@H]2[C@@H]1C[C@@H](Cc1ccccc1)N2C(=O)c1cc(C2CC2)[nH]n1. The normalized spacial score (nSPS) is 28.0. The molecule has 1 aliphatic carbocycles. The van der Waals surface area contributed by atoms with Crippen molar-refractivity contribution in [2.45, 2.75) is 75.4 Å². The Kier molecular flexibility index (Phi) is 5.17. The number of likely N-dealkylation sites (N-methyl/N-ethyl adjacent to an activating group) is 1. The Morgan fingerprint density at radius 1 is 1.10 bits per heavy atom. The molecule has 1 N–H and O–H groups in total. The molecule has 2 saturated heterocycles. The highest BCUT2D eigenvalue weighted by atomic mass is 16.2. The van der Waals surface area contributed by atoms with Crippen molar-refractivity contribution >= 4 is 5.91 Å². The molecule has 2 aromatic rings. The molecule has 1 amide bonds. The molecule has 0 spiro atoms. The van der Waals surface area contributed by atoms with Crippen LogP contribution >= 0.6 is 0 Å². The average Bonchev–Trinajstić information content (AvgIpc) is 3.35. The number of hydrogen-bond donors (Lipinski definition) is 1. The molecule has 154 valence electrons. The minimum absolute atomic E-state index is 0.121. The molecule has 0 radical (unpaired) electrons. The van der Waals surface area contributed by atoms with E-state index in [2.05, 4.69) is 57.4 Å². The van der Waals surface area contributed by atoms with Crippen LogP contribution in [0.4, 0.5) is 0 Å². The third kappa shape index (κ3) is 3.85. The second-order valence-corrected chi connectivity index (χ2v) is 9.24. The zero-order chi connectivity index (χ0) is 19.8. The van der Waals surface area contributed by atoms with E-state index in [4.69, 9.17) is 0 Å². The van der Waals surface area contributed by atoms with Gasteiger partial charge in [-0.15, -0.1) is 0 Å². The van der Waals surface area contributed by atoms with Gasteiger partial charge in [0.1, 0.15) is 5.69 Å². The fourth-order valence-corrected chi connectivity index (χ4v) is 5.43. The van der Waals surface area contributed by atoms with Gasteiger partial charge in [0.25, 0.3) is 5.91 Å². The summed E-state index contributed by atoms with van der Waals surface area (Å²) in [5.41, 5.74) is 3.06. The third-order valence-electron chi connectivity index (χ3n) is 7.17. The number of aromatic amines is 1. The van der Waals surface area contributed by atoms with Gasteiger partial charge in [-0.1, -0.05) is 43.2 Å². The molecule has 0 bridgehead atoms. The minimum atomic E-state index is 0.121. The molecule has 29 heavy (non-hydrogen) atoms. The summed E-state index contributed by atoms with van der Waals surface area (Å²) in [5, 5.41) is 7.56. The molecular weight excluding hydrogens is 360 g/mol. The first-order valence-electron chi connectivity index (χ1n) is 11.3. The van der Waals surface area contributed by atoms with Gasteiger partial charge in [-0.2, -0.15) is 5.10 Å².